The summed E-state index contributed by atoms with van der Waals surface area (Å²) in [4.78, 5) is 14.0. The van der Waals surface area contributed by atoms with Crippen LogP contribution in [-0.2, 0) is 15.6 Å². The molecule has 1 unspecified atom stereocenters. The summed E-state index contributed by atoms with van der Waals surface area (Å²) < 4.78 is 25.3. The van der Waals surface area contributed by atoms with Gasteiger partial charge in [-0.15, -0.1) is 0 Å². The van der Waals surface area contributed by atoms with Crippen molar-refractivity contribution in [3.8, 4) is 0 Å². The number of hydrogen-bond donors (Lipinski definition) is 1. The number of nitrogens with zero attached hydrogens (tertiary/aromatic N) is 1. The molecule has 104 valence electrons. The average molecular weight is 284 g/mol. The van der Waals surface area contributed by atoms with Crippen molar-refractivity contribution in [2.75, 3.05) is 18.0 Å². The van der Waals surface area contributed by atoms with Gasteiger partial charge < -0.3 is 10.6 Å². The minimum Gasteiger partial charge on any atom is -0.396 e. The van der Waals surface area contributed by atoms with Gasteiger partial charge >= 0.3 is 0 Å². The number of halogens is 1. The van der Waals surface area contributed by atoms with Crippen LogP contribution in [0.25, 0.3) is 0 Å². The van der Waals surface area contributed by atoms with Crippen LogP contribution in [0, 0.1) is 5.82 Å². The van der Waals surface area contributed by atoms with E-state index in [2.05, 4.69) is 0 Å². The van der Waals surface area contributed by atoms with E-state index in [1.807, 2.05) is 6.92 Å². The van der Waals surface area contributed by atoms with Gasteiger partial charge in [0, 0.05) is 17.5 Å². The van der Waals surface area contributed by atoms with Gasteiger partial charge in [0.15, 0.2) is 0 Å². The quantitative estimate of drug-likeness (QED) is 0.834. The number of benzene rings is 1. The lowest BCUT2D eigenvalue weighted by molar-refractivity contribution is -0.128. The molecular weight excluding hydrogens is 267 g/mol. The maximum atomic E-state index is 13.3. The second-order valence-electron chi connectivity index (χ2n) is 4.58. The van der Waals surface area contributed by atoms with Crippen LogP contribution in [0.15, 0.2) is 23.1 Å². The van der Waals surface area contributed by atoms with Gasteiger partial charge in [-0.1, -0.05) is 0 Å². The van der Waals surface area contributed by atoms with Gasteiger partial charge in [0.1, 0.15) is 11.6 Å². The molecule has 2 rings (SSSR count). The Morgan fingerprint density at radius 3 is 2.74 bits per heavy atom. The fraction of sp³-hybridized carbons (Fsp3) is 0.462. The summed E-state index contributed by atoms with van der Waals surface area (Å²) in [7, 11) is -1.53. The molecule has 0 radical (unpaired) electrons. The second-order valence-corrected chi connectivity index (χ2v) is 6.04. The number of carbonyl (C=O) groups excluding carboxylic acids is 1. The highest BCUT2D eigenvalue weighted by Gasteiger charge is 2.31. The van der Waals surface area contributed by atoms with Crippen molar-refractivity contribution < 1.29 is 13.4 Å². The molecule has 0 aromatic heterocycles. The van der Waals surface area contributed by atoms with Crippen molar-refractivity contribution in [1.29, 1.82) is 0 Å². The molecule has 1 fully saturated rings. The highest BCUT2D eigenvalue weighted by molar-refractivity contribution is 7.85. The summed E-state index contributed by atoms with van der Waals surface area (Å²) in [6, 6.07) is 4.30. The number of nitrogen functional groups attached to an aromatic ring is 1. The van der Waals surface area contributed by atoms with Crippen LogP contribution in [-0.4, -0.2) is 33.4 Å². The number of amides is 1. The maximum absolute atomic E-state index is 13.3. The first-order chi connectivity index (χ1) is 9.02. The van der Waals surface area contributed by atoms with E-state index in [1.165, 1.54) is 12.1 Å². The summed E-state index contributed by atoms with van der Waals surface area (Å²) >= 11 is 0. The molecule has 0 saturated heterocycles. The van der Waals surface area contributed by atoms with E-state index < -0.39 is 16.6 Å². The molecule has 0 heterocycles. The van der Waals surface area contributed by atoms with Crippen molar-refractivity contribution in [3.63, 3.8) is 0 Å². The lowest BCUT2D eigenvalue weighted by atomic mass is 10.3. The number of carbonyl (C=O) groups is 1. The molecule has 1 aliphatic carbocycles. The van der Waals surface area contributed by atoms with Crippen molar-refractivity contribution in [2.45, 2.75) is 30.7 Å². The molecular formula is C13H17FN2O2S. The molecule has 1 aromatic rings. The lowest BCUT2D eigenvalue weighted by Gasteiger charge is -2.19. The first-order valence-electron chi connectivity index (χ1n) is 6.25. The topological polar surface area (TPSA) is 63.4 Å². The third-order valence-corrected chi connectivity index (χ3v) is 4.43. The smallest absolute Gasteiger partial charge is 0.235 e. The van der Waals surface area contributed by atoms with Crippen molar-refractivity contribution in [1.82, 2.24) is 4.90 Å². The Morgan fingerprint density at radius 2 is 2.21 bits per heavy atom. The highest BCUT2D eigenvalue weighted by atomic mass is 32.2. The Morgan fingerprint density at radius 1 is 1.53 bits per heavy atom. The SMILES string of the molecule is CCN(C(=O)CS(=O)c1ccc(N)c(F)c1)C1CC1. The van der Waals surface area contributed by atoms with Gasteiger partial charge in [0.2, 0.25) is 5.91 Å². The van der Waals surface area contributed by atoms with Crippen molar-refractivity contribution in [2.24, 2.45) is 0 Å². The van der Waals surface area contributed by atoms with Gasteiger partial charge in [-0.2, -0.15) is 0 Å². The van der Waals surface area contributed by atoms with E-state index >= 15 is 0 Å². The molecule has 1 saturated carbocycles. The number of anilines is 1. The van der Waals surface area contributed by atoms with Crippen LogP contribution >= 0.6 is 0 Å². The van der Waals surface area contributed by atoms with Gasteiger partial charge in [-0.3, -0.25) is 9.00 Å². The zero-order valence-electron chi connectivity index (χ0n) is 10.8. The number of rotatable bonds is 5. The molecule has 1 aromatic carbocycles. The molecule has 4 nitrogen and oxygen atoms in total. The zero-order chi connectivity index (χ0) is 14.0. The third kappa shape index (κ3) is 3.32. The first-order valence-corrected chi connectivity index (χ1v) is 7.57. The van der Waals surface area contributed by atoms with E-state index in [1.54, 1.807) is 4.90 Å². The summed E-state index contributed by atoms with van der Waals surface area (Å²) in [6.07, 6.45) is 2.03. The predicted molar refractivity (Wildman–Crippen MR) is 72.5 cm³/mol. The fourth-order valence-corrected chi connectivity index (χ4v) is 2.96. The molecule has 1 aliphatic rings. The Bertz CT molecular complexity index is 517. The summed E-state index contributed by atoms with van der Waals surface area (Å²) in [6.45, 7) is 2.53. The normalized spacial score (nSPS) is 16.1. The van der Waals surface area contributed by atoms with E-state index in [-0.39, 0.29) is 17.3 Å². The molecule has 0 spiro atoms. The Hall–Kier alpha value is -1.43. The molecule has 2 N–H and O–H groups in total. The summed E-state index contributed by atoms with van der Waals surface area (Å²) in [5.74, 6) is -0.846. The van der Waals surface area contributed by atoms with E-state index in [4.69, 9.17) is 5.73 Å². The van der Waals surface area contributed by atoms with Crippen LogP contribution < -0.4 is 5.73 Å². The second kappa shape index (κ2) is 5.69. The van der Waals surface area contributed by atoms with Crippen LogP contribution in [0.4, 0.5) is 10.1 Å². The Labute approximate surface area is 114 Å². The average Bonchev–Trinajstić information content (AvgIpc) is 3.18. The molecule has 19 heavy (non-hydrogen) atoms. The standard InChI is InChI=1S/C13H17FN2O2S/c1-2-16(9-3-4-9)13(17)8-19(18)10-5-6-12(15)11(14)7-10/h5-7,9H,2-4,8,15H2,1H3. The van der Waals surface area contributed by atoms with E-state index in [9.17, 15) is 13.4 Å². The van der Waals surface area contributed by atoms with Crippen molar-refractivity contribution in [3.05, 3.63) is 24.0 Å². The largest absolute Gasteiger partial charge is 0.396 e. The Balaban J connectivity index is 2.03. The van der Waals surface area contributed by atoms with Gasteiger partial charge in [-0.25, -0.2) is 4.39 Å². The molecule has 1 amide bonds. The van der Waals surface area contributed by atoms with Gasteiger partial charge in [-0.05, 0) is 38.0 Å². The minimum absolute atomic E-state index is 0.0141. The molecule has 0 bridgehead atoms. The monoisotopic (exact) mass is 284 g/mol. The van der Waals surface area contributed by atoms with Gasteiger partial charge in [0.25, 0.3) is 0 Å². The summed E-state index contributed by atoms with van der Waals surface area (Å²) in [5.41, 5.74) is 5.37. The molecule has 1 atom stereocenters. The van der Waals surface area contributed by atoms with Crippen LogP contribution in [0.1, 0.15) is 19.8 Å². The molecule has 6 heteroatoms. The van der Waals surface area contributed by atoms with E-state index in [0.29, 0.717) is 17.5 Å². The van der Waals surface area contributed by atoms with E-state index in [0.717, 1.165) is 18.9 Å². The fourth-order valence-electron chi connectivity index (χ4n) is 1.95. The zero-order valence-corrected chi connectivity index (χ0v) is 11.6. The Kier molecular flexibility index (Phi) is 4.19. The third-order valence-electron chi connectivity index (χ3n) is 3.14. The van der Waals surface area contributed by atoms with Crippen molar-refractivity contribution >= 4 is 22.4 Å². The first kappa shape index (κ1) is 14.0. The number of nitrogens with two attached hydrogens (primary N) is 1. The van der Waals surface area contributed by atoms with Crippen LogP contribution in [0.2, 0.25) is 0 Å². The van der Waals surface area contributed by atoms with Gasteiger partial charge in [0.05, 0.1) is 16.5 Å². The predicted octanol–water partition coefficient (Wildman–Crippen LogP) is 1.53. The van der Waals surface area contributed by atoms with Crippen LogP contribution in [0.3, 0.4) is 0 Å². The highest BCUT2D eigenvalue weighted by Crippen LogP contribution is 2.27. The van der Waals surface area contributed by atoms with Crippen LogP contribution in [0.5, 0.6) is 0 Å². The molecule has 0 aliphatic heterocycles. The summed E-state index contributed by atoms with van der Waals surface area (Å²) in [5, 5.41) is 0. The maximum Gasteiger partial charge on any atom is 0.235 e. The minimum atomic E-state index is -1.53. The lowest BCUT2D eigenvalue weighted by Crippen LogP contribution is -2.36. The number of hydrogen-bond acceptors (Lipinski definition) is 3.